The maximum Gasteiger partial charge on any atom is 0.307 e. The third kappa shape index (κ3) is 4.93. The van der Waals surface area contributed by atoms with Crippen molar-refractivity contribution in [3.05, 3.63) is 88.4 Å². The molecule has 2 heterocycles. The number of carboxylic acid groups (broad SMARTS) is 1. The van der Waals surface area contributed by atoms with Crippen molar-refractivity contribution in [3.8, 4) is 11.8 Å². The largest absolute Gasteiger partial charge is 0.481 e. The molecule has 0 saturated heterocycles. The number of aromatic nitrogens is 1. The highest BCUT2D eigenvalue weighted by molar-refractivity contribution is 7.93. The molecule has 0 aliphatic carbocycles. The zero-order chi connectivity index (χ0) is 24.5. The van der Waals surface area contributed by atoms with Crippen molar-refractivity contribution in [2.24, 2.45) is 5.92 Å². The summed E-state index contributed by atoms with van der Waals surface area (Å²) in [4.78, 5) is 15.2. The fourth-order valence-corrected chi connectivity index (χ4v) is 5.94. The first-order chi connectivity index (χ1) is 16.2. The van der Waals surface area contributed by atoms with E-state index < -0.39 is 33.5 Å². The summed E-state index contributed by atoms with van der Waals surface area (Å²) in [7, 11) is -4.13. The second kappa shape index (κ2) is 9.03. The minimum absolute atomic E-state index is 0.0190. The predicted molar refractivity (Wildman–Crippen MR) is 127 cm³/mol. The van der Waals surface area contributed by atoms with E-state index in [1.807, 2.05) is 55.5 Å². The minimum atomic E-state index is -4.13. The molecule has 162 valence electrons. The van der Waals surface area contributed by atoms with Gasteiger partial charge >= 0.3 is 5.97 Å². The second-order valence-corrected chi connectivity index (χ2v) is 10.7. The van der Waals surface area contributed by atoms with E-state index in [4.69, 9.17) is 2.74 Å². The summed E-state index contributed by atoms with van der Waals surface area (Å²) in [6, 6.07) is 14.1. The number of aliphatic carboxylic acids is 1. The highest BCUT2D eigenvalue weighted by Crippen LogP contribution is 2.26. The average Bonchev–Trinajstić information content (AvgIpc) is 3.34. The van der Waals surface area contributed by atoms with Gasteiger partial charge in [-0.05, 0) is 49.2 Å². The number of H-pyrrole nitrogens is 1. The van der Waals surface area contributed by atoms with Gasteiger partial charge in [-0.2, -0.15) is 0 Å². The van der Waals surface area contributed by atoms with Gasteiger partial charge in [-0.3, -0.25) is 4.79 Å². The molecule has 32 heavy (non-hydrogen) atoms. The molecule has 0 bridgehead atoms. The molecule has 0 aliphatic rings. The van der Waals surface area contributed by atoms with Crippen LogP contribution in [0.3, 0.4) is 0 Å². The summed E-state index contributed by atoms with van der Waals surface area (Å²) in [6.45, 7) is 1.95. The Morgan fingerprint density at radius 2 is 1.91 bits per heavy atom. The fraction of sp³-hybridized carbons (Fsp3) is 0.160. The lowest BCUT2D eigenvalue weighted by atomic mass is 10.0. The van der Waals surface area contributed by atoms with Crippen LogP contribution in [0.4, 0.5) is 0 Å². The lowest BCUT2D eigenvalue weighted by Crippen LogP contribution is -2.25. The normalized spacial score (nSPS) is 13.2. The molecule has 0 amide bonds. The lowest BCUT2D eigenvalue weighted by Gasteiger charge is -2.11. The Kier molecular flexibility index (Phi) is 5.46. The van der Waals surface area contributed by atoms with Crippen LogP contribution in [-0.2, 0) is 21.1 Å². The fourth-order valence-electron chi connectivity index (χ4n) is 3.34. The summed E-state index contributed by atoms with van der Waals surface area (Å²) in [5.74, 6) is 2.57. The number of para-hydroxylation sites is 1. The quantitative estimate of drug-likeness (QED) is 0.406. The van der Waals surface area contributed by atoms with Crippen LogP contribution in [0.2, 0.25) is 0 Å². The smallest absolute Gasteiger partial charge is 0.307 e. The first kappa shape index (κ1) is 19.4. The molecular formula is C25H21NO4S2. The van der Waals surface area contributed by atoms with Gasteiger partial charge in [-0.1, -0.05) is 47.7 Å². The summed E-state index contributed by atoms with van der Waals surface area (Å²) < 4.78 is 42.2. The van der Waals surface area contributed by atoms with Crippen molar-refractivity contribution >= 4 is 38.0 Å². The topological polar surface area (TPSA) is 87.2 Å². The Hall–Kier alpha value is -3.34. The van der Waals surface area contributed by atoms with Crippen molar-refractivity contribution < 1.29 is 21.1 Å². The number of carboxylic acids is 1. The Morgan fingerprint density at radius 3 is 2.66 bits per heavy atom. The van der Waals surface area contributed by atoms with Gasteiger partial charge in [0, 0.05) is 22.7 Å². The van der Waals surface area contributed by atoms with Crippen LogP contribution >= 0.6 is 11.3 Å². The first-order valence-corrected chi connectivity index (χ1v) is 12.3. The van der Waals surface area contributed by atoms with E-state index in [0.29, 0.717) is 11.1 Å². The summed E-state index contributed by atoms with van der Waals surface area (Å²) >= 11 is 0.744. The third-order valence-electron chi connectivity index (χ3n) is 5.04. The highest BCUT2D eigenvalue weighted by atomic mass is 32.2. The summed E-state index contributed by atoms with van der Waals surface area (Å²) in [5.41, 5.74) is 3.33. The van der Waals surface area contributed by atoms with Gasteiger partial charge in [-0.25, -0.2) is 8.42 Å². The van der Waals surface area contributed by atoms with Crippen molar-refractivity contribution in [1.82, 2.24) is 4.98 Å². The van der Waals surface area contributed by atoms with Crippen LogP contribution in [0.1, 0.15) is 24.3 Å². The van der Waals surface area contributed by atoms with E-state index in [2.05, 4.69) is 16.8 Å². The van der Waals surface area contributed by atoms with Gasteiger partial charge < -0.3 is 10.1 Å². The lowest BCUT2D eigenvalue weighted by molar-refractivity contribution is -0.140. The maximum atomic E-state index is 13.1. The molecule has 0 aliphatic heterocycles. The molecule has 0 fully saturated rings. The number of hydrogen-bond acceptors (Lipinski definition) is 4. The molecule has 2 aromatic heterocycles. The molecule has 0 radical (unpaired) electrons. The molecule has 7 heteroatoms. The molecule has 2 N–H and O–H groups in total. The Balaban J connectivity index is 1.61. The SMILES string of the molecule is [2H]c1c(C#Cc2ccc(C)cc2)sc(S(=O)(=O)C[C@@H](Cc2c[nH]c3ccccc23)C(=O)O)c1[2H]. The molecule has 0 saturated carbocycles. The van der Waals surface area contributed by atoms with Gasteiger partial charge in [0.2, 0.25) is 0 Å². The van der Waals surface area contributed by atoms with Crippen LogP contribution < -0.4 is 0 Å². The number of aromatic amines is 1. The van der Waals surface area contributed by atoms with Crippen LogP contribution in [0.25, 0.3) is 10.9 Å². The van der Waals surface area contributed by atoms with Gasteiger partial charge in [0.05, 0.1) is 19.3 Å². The molecule has 0 spiro atoms. The first-order valence-electron chi connectivity index (χ1n) is 10.8. The molecule has 2 aromatic carbocycles. The van der Waals surface area contributed by atoms with Crippen molar-refractivity contribution in [2.75, 3.05) is 5.75 Å². The highest BCUT2D eigenvalue weighted by Gasteiger charge is 2.28. The Bertz CT molecular complexity index is 1540. The number of nitrogens with one attached hydrogen (secondary N) is 1. The van der Waals surface area contributed by atoms with Crippen LogP contribution in [0, 0.1) is 24.7 Å². The molecule has 5 nitrogen and oxygen atoms in total. The number of carbonyl (C=O) groups is 1. The number of sulfone groups is 1. The van der Waals surface area contributed by atoms with Crippen LogP contribution in [0.15, 0.2) is 71.0 Å². The Labute approximate surface area is 193 Å². The number of hydrogen-bond donors (Lipinski definition) is 2. The number of fused-ring (bicyclic) bond motifs is 1. The number of rotatable bonds is 6. The van der Waals surface area contributed by atoms with Crippen molar-refractivity contribution in [2.45, 2.75) is 17.6 Å². The molecule has 4 aromatic rings. The van der Waals surface area contributed by atoms with E-state index in [9.17, 15) is 18.3 Å². The number of benzene rings is 2. The standard InChI is InChI=1S/C25H21NO4S2/c1-17-6-8-18(9-7-17)10-11-21-12-13-24(31-21)32(29,30)16-20(25(27)28)14-19-15-26-23-5-3-2-4-22(19)23/h2-9,12-13,15,20,26H,14,16H2,1H3,(H,27,28)/t20-/m1/s1/i12D,13D. The molecular weight excluding hydrogens is 442 g/mol. The molecule has 1 atom stereocenters. The minimum Gasteiger partial charge on any atom is -0.481 e. The second-order valence-electron chi connectivity index (χ2n) is 7.46. The average molecular weight is 466 g/mol. The predicted octanol–water partition coefficient (Wildman–Crippen LogP) is 4.65. The van der Waals surface area contributed by atoms with Gasteiger partial charge in [0.1, 0.15) is 4.21 Å². The molecule has 4 rings (SSSR count). The van der Waals surface area contributed by atoms with E-state index in [1.54, 1.807) is 6.20 Å². The van der Waals surface area contributed by atoms with Crippen LogP contribution in [-0.4, -0.2) is 30.2 Å². The monoisotopic (exact) mass is 465 g/mol. The Morgan fingerprint density at radius 1 is 1.16 bits per heavy atom. The van der Waals surface area contributed by atoms with Crippen molar-refractivity contribution in [3.63, 3.8) is 0 Å². The van der Waals surface area contributed by atoms with E-state index >= 15 is 0 Å². The van der Waals surface area contributed by atoms with Crippen LogP contribution in [0.5, 0.6) is 0 Å². The van der Waals surface area contributed by atoms with Crippen molar-refractivity contribution in [1.29, 1.82) is 0 Å². The zero-order valence-electron chi connectivity index (χ0n) is 19.2. The summed E-state index contributed by atoms with van der Waals surface area (Å²) in [6.07, 6.45) is 1.71. The van der Waals surface area contributed by atoms with Gasteiger partial charge in [-0.15, -0.1) is 11.3 Å². The number of aryl methyl sites for hydroxylation is 1. The third-order valence-corrected chi connectivity index (χ3v) is 8.25. The van der Waals surface area contributed by atoms with Gasteiger partial charge in [0.15, 0.2) is 9.84 Å². The zero-order valence-corrected chi connectivity index (χ0v) is 18.8. The van der Waals surface area contributed by atoms with E-state index in [0.717, 1.165) is 27.8 Å². The van der Waals surface area contributed by atoms with Gasteiger partial charge in [0.25, 0.3) is 0 Å². The summed E-state index contributed by atoms with van der Waals surface area (Å²) in [5, 5.41) is 10.6. The molecule has 0 unspecified atom stereocenters. The van der Waals surface area contributed by atoms with E-state index in [1.165, 1.54) is 0 Å². The maximum absolute atomic E-state index is 13.1. The van der Waals surface area contributed by atoms with E-state index in [-0.39, 0.29) is 21.5 Å². The number of thiophene rings is 1.